The lowest BCUT2D eigenvalue weighted by molar-refractivity contribution is -0.385. The number of nitrogens with zero attached hydrogens (tertiary/aromatic N) is 2. The molecular weight excluding hydrogens is 283 g/mol. The summed E-state index contributed by atoms with van der Waals surface area (Å²) in [7, 11) is 1.35. The van der Waals surface area contributed by atoms with Crippen LogP contribution >= 0.6 is 0 Å². The molecule has 1 heterocycles. The third-order valence-electron chi connectivity index (χ3n) is 3.49. The topological polar surface area (TPSA) is 91.6 Å². The molecule has 114 valence electrons. The first-order valence-electron chi connectivity index (χ1n) is 6.55. The van der Waals surface area contributed by atoms with Crippen molar-refractivity contribution in [3.63, 3.8) is 0 Å². The zero-order valence-corrected chi connectivity index (χ0v) is 11.5. The highest BCUT2D eigenvalue weighted by Gasteiger charge is 2.28. The van der Waals surface area contributed by atoms with Gasteiger partial charge in [-0.25, -0.2) is 9.37 Å². The van der Waals surface area contributed by atoms with E-state index >= 15 is 0 Å². The first kappa shape index (κ1) is 15.1. The molecule has 0 unspecified atom stereocenters. The van der Waals surface area contributed by atoms with Crippen molar-refractivity contribution in [3.8, 4) is 5.88 Å². The summed E-state index contributed by atoms with van der Waals surface area (Å²) < 4.78 is 23.8. The zero-order valence-electron chi connectivity index (χ0n) is 11.5. The predicted octanol–water partition coefficient (Wildman–Crippen LogP) is 2.24. The van der Waals surface area contributed by atoms with Crippen LogP contribution in [-0.4, -0.2) is 29.1 Å². The molecule has 0 spiro atoms. The van der Waals surface area contributed by atoms with Crippen LogP contribution in [0.15, 0.2) is 12.3 Å². The highest BCUT2D eigenvalue weighted by Crippen LogP contribution is 2.29. The summed E-state index contributed by atoms with van der Waals surface area (Å²) in [5.74, 6) is -1.50. The van der Waals surface area contributed by atoms with Crippen molar-refractivity contribution in [1.29, 1.82) is 0 Å². The molecule has 0 saturated heterocycles. The highest BCUT2D eigenvalue weighted by molar-refractivity contribution is 5.72. The molecule has 0 aliphatic heterocycles. The standard InChI is InChI=1S/C13H15FN2O5/c1-20-13(17)8-2-4-10(5-3-8)21-12-11(14)6-9(7-15-12)16(18)19/h6-8,10H,2-5H2,1H3. The van der Waals surface area contributed by atoms with Crippen LogP contribution in [0.25, 0.3) is 0 Å². The van der Waals surface area contributed by atoms with Gasteiger partial charge in [0.05, 0.1) is 24.0 Å². The molecule has 0 amide bonds. The Morgan fingerprint density at radius 2 is 2.10 bits per heavy atom. The fraction of sp³-hybridized carbons (Fsp3) is 0.538. The summed E-state index contributed by atoms with van der Waals surface area (Å²) in [6.45, 7) is 0. The number of carbonyl (C=O) groups excluding carboxylic acids is 1. The summed E-state index contributed by atoms with van der Waals surface area (Å²) >= 11 is 0. The molecule has 1 aromatic rings. The van der Waals surface area contributed by atoms with E-state index < -0.39 is 16.4 Å². The van der Waals surface area contributed by atoms with Gasteiger partial charge in [0, 0.05) is 0 Å². The fourth-order valence-electron chi connectivity index (χ4n) is 2.34. The largest absolute Gasteiger partial charge is 0.472 e. The lowest BCUT2D eigenvalue weighted by Crippen LogP contribution is -2.29. The predicted molar refractivity (Wildman–Crippen MR) is 69.2 cm³/mol. The van der Waals surface area contributed by atoms with E-state index in [1.807, 2.05) is 0 Å². The van der Waals surface area contributed by atoms with Crippen molar-refractivity contribution in [1.82, 2.24) is 4.98 Å². The maximum atomic E-state index is 13.7. The van der Waals surface area contributed by atoms with E-state index in [2.05, 4.69) is 9.72 Å². The molecular formula is C13H15FN2O5. The van der Waals surface area contributed by atoms with Crippen LogP contribution in [0, 0.1) is 21.8 Å². The van der Waals surface area contributed by atoms with Crippen molar-refractivity contribution in [2.75, 3.05) is 7.11 Å². The Hall–Kier alpha value is -2.25. The molecule has 21 heavy (non-hydrogen) atoms. The number of hydrogen-bond donors (Lipinski definition) is 0. The Bertz CT molecular complexity index is 543. The molecule has 0 N–H and O–H groups in total. The van der Waals surface area contributed by atoms with Crippen LogP contribution < -0.4 is 4.74 Å². The fourth-order valence-corrected chi connectivity index (χ4v) is 2.34. The number of halogens is 1. The van der Waals surface area contributed by atoms with Crippen LogP contribution in [0.5, 0.6) is 5.88 Å². The second kappa shape index (κ2) is 6.47. The first-order valence-corrected chi connectivity index (χ1v) is 6.55. The van der Waals surface area contributed by atoms with E-state index in [4.69, 9.17) is 4.74 Å². The summed E-state index contributed by atoms with van der Waals surface area (Å²) in [5, 5.41) is 10.5. The molecule has 8 heteroatoms. The Morgan fingerprint density at radius 3 is 2.62 bits per heavy atom. The minimum absolute atomic E-state index is 0.149. The maximum Gasteiger partial charge on any atom is 0.308 e. The summed E-state index contributed by atoms with van der Waals surface area (Å²) in [5.41, 5.74) is -0.422. The van der Waals surface area contributed by atoms with Gasteiger partial charge in [-0.15, -0.1) is 0 Å². The van der Waals surface area contributed by atoms with Gasteiger partial charge in [-0.1, -0.05) is 0 Å². The Kier molecular flexibility index (Phi) is 4.66. The molecule has 0 aromatic carbocycles. The van der Waals surface area contributed by atoms with Gasteiger partial charge in [-0.2, -0.15) is 0 Å². The zero-order chi connectivity index (χ0) is 15.4. The van der Waals surface area contributed by atoms with Crippen molar-refractivity contribution in [2.45, 2.75) is 31.8 Å². The number of esters is 1. The van der Waals surface area contributed by atoms with Gasteiger partial charge in [-0.05, 0) is 25.7 Å². The smallest absolute Gasteiger partial charge is 0.308 e. The number of rotatable bonds is 4. The molecule has 0 bridgehead atoms. The first-order chi connectivity index (χ1) is 10.0. The lowest BCUT2D eigenvalue weighted by Gasteiger charge is -2.27. The van der Waals surface area contributed by atoms with E-state index in [1.165, 1.54) is 7.11 Å². The molecule has 1 saturated carbocycles. The number of methoxy groups -OCH3 is 1. The minimum atomic E-state index is -0.862. The van der Waals surface area contributed by atoms with E-state index in [0.717, 1.165) is 12.3 Å². The van der Waals surface area contributed by atoms with Crippen LogP contribution in [-0.2, 0) is 9.53 Å². The molecule has 1 aliphatic rings. The second-order valence-electron chi connectivity index (χ2n) is 4.85. The van der Waals surface area contributed by atoms with Crippen molar-refractivity contribution >= 4 is 11.7 Å². The van der Waals surface area contributed by atoms with Crippen LogP contribution in [0.2, 0.25) is 0 Å². The SMILES string of the molecule is COC(=O)C1CCC(Oc2ncc([N+](=O)[O-])cc2F)CC1. The average Bonchev–Trinajstić information content (AvgIpc) is 2.49. The number of pyridine rings is 1. The van der Waals surface area contributed by atoms with E-state index in [1.54, 1.807) is 0 Å². The third kappa shape index (κ3) is 3.65. The monoisotopic (exact) mass is 298 g/mol. The van der Waals surface area contributed by atoms with Crippen molar-refractivity contribution in [2.24, 2.45) is 5.92 Å². The molecule has 1 aliphatic carbocycles. The Balaban J connectivity index is 1.95. The van der Waals surface area contributed by atoms with Gasteiger partial charge >= 0.3 is 5.97 Å². The lowest BCUT2D eigenvalue weighted by atomic mass is 9.87. The van der Waals surface area contributed by atoms with E-state index in [9.17, 15) is 19.3 Å². The maximum absolute atomic E-state index is 13.7. The van der Waals surface area contributed by atoms with Crippen LogP contribution in [0.4, 0.5) is 10.1 Å². The van der Waals surface area contributed by atoms with Gasteiger partial charge in [0.2, 0.25) is 0 Å². The molecule has 1 fully saturated rings. The molecule has 7 nitrogen and oxygen atoms in total. The number of nitro groups is 1. The van der Waals surface area contributed by atoms with Gasteiger partial charge in [0.25, 0.3) is 11.6 Å². The average molecular weight is 298 g/mol. The number of aromatic nitrogens is 1. The van der Waals surface area contributed by atoms with Gasteiger partial charge in [0.15, 0.2) is 5.82 Å². The summed E-state index contributed by atoms with van der Waals surface area (Å²) in [6, 6.07) is 0.780. The quantitative estimate of drug-likeness (QED) is 0.481. The molecule has 0 radical (unpaired) electrons. The number of carbonyl (C=O) groups is 1. The van der Waals surface area contributed by atoms with Gasteiger partial charge < -0.3 is 9.47 Å². The van der Waals surface area contributed by atoms with E-state index in [0.29, 0.717) is 25.7 Å². The van der Waals surface area contributed by atoms with Crippen molar-refractivity contribution in [3.05, 3.63) is 28.2 Å². The highest BCUT2D eigenvalue weighted by atomic mass is 19.1. The van der Waals surface area contributed by atoms with Crippen molar-refractivity contribution < 1.29 is 23.6 Å². The van der Waals surface area contributed by atoms with E-state index in [-0.39, 0.29) is 23.9 Å². The van der Waals surface area contributed by atoms with Gasteiger partial charge in [0.1, 0.15) is 12.3 Å². The summed E-state index contributed by atoms with van der Waals surface area (Å²) in [4.78, 5) is 24.8. The molecule has 0 atom stereocenters. The van der Waals surface area contributed by atoms with Crippen LogP contribution in [0.1, 0.15) is 25.7 Å². The Morgan fingerprint density at radius 1 is 1.43 bits per heavy atom. The molecule has 2 rings (SSSR count). The third-order valence-corrected chi connectivity index (χ3v) is 3.49. The second-order valence-corrected chi connectivity index (χ2v) is 4.85. The number of ether oxygens (including phenoxy) is 2. The van der Waals surface area contributed by atoms with Crippen LogP contribution in [0.3, 0.4) is 0 Å². The minimum Gasteiger partial charge on any atom is -0.472 e. The normalized spacial score (nSPS) is 21.6. The summed E-state index contributed by atoms with van der Waals surface area (Å²) in [6.07, 6.45) is 3.07. The number of hydrogen-bond acceptors (Lipinski definition) is 6. The Labute approximate surface area is 120 Å². The molecule has 1 aromatic heterocycles. The van der Waals surface area contributed by atoms with Gasteiger partial charge in [-0.3, -0.25) is 14.9 Å².